The first-order valence-corrected chi connectivity index (χ1v) is 9.70. The standard InChI is InChI=1S/C21H21N3OS/c1-15-12-13-23(19-10-6-7-11-20(19)26-15)21(25)18-14-22-24(16(18)2)17-8-4-3-5-9-17/h3-11,14-15H,12-13H2,1-2H3. The summed E-state index contributed by atoms with van der Waals surface area (Å²) >= 11 is 1.84. The van der Waals surface area contributed by atoms with Crippen molar-refractivity contribution < 1.29 is 4.79 Å². The van der Waals surface area contributed by atoms with Gasteiger partial charge in [-0.3, -0.25) is 4.79 Å². The van der Waals surface area contributed by atoms with Crippen molar-refractivity contribution in [2.45, 2.75) is 30.4 Å². The third kappa shape index (κ3) is 3.03. The molecule has 2 aromatic carbocycles. The molecule has 4 nitrogen and oxygen atoms in total. The zero-order valence-corrected chi connectivity index (χ0v) is 15.7. The third-order valence-corrected chi connectivity index (χ3v) is 5.97. The van der Waals surface area contributed by atoms with E-state index in [9.17, 15) is 4.79 Å². The molecule has 1 amide bonds. The number of nitrogens with zero attached hydrogens (tertiary/aromatic N) is 3. The molecule has 3 aromatic rings. The molecule has 1 aliphatic heterocycles. The predicted octanol–water partition coefficient (Wildman–Crippen LogP) is 4.71. The molecule has 1 aliphatic rings. The van der Waals surface area contributed by atoms with Gasteiger partial charge in [0.05, 0.1) is 28.8 Å². The molecular weight excluding hydrogens is 342 g/mol. The van der Waals surface area contributed by atoms with Gasteiger partial charge in [-0.05, 0) is 37.6 Å². The normalized spacial score (nSPS) is 16.8. The van der Waals surface area contributed by atoms with Gasteiger partial charge < -0.3 is 4.90 Å². The number of hydrogen-bond acceptors (Lipinski definition) is 3. The highest BCUT2D eigenvalue weighted by Gasteiger charge is 2.27. The van der Waals surface area contributed by atoms with E-state index in [0.29, 0.717) is 10.8 Å². The molecule has 0 saturated carbocycles. The van der Waals surface area contributed by atoms with Crippen LogP contribution in [0, 0.1) is 6.92 Å². The van der Waals surface area contributed by atoms with Crippen LogP contribution in [0.3, 0.4) is 0 Å². The fourth-order valence-corrected chi connectivity index (χ4v) is 4.41. The second-order valence-electron chi connectivity index (χ2n) is 6.53. The van der Waals surface area contributed by atoms with Crippen LogP contribution in [0.2, 0.25) is 0 Å². The van der Waals surface area contributed by atoms with E-state index in [0.717, 1.165) is 30.0 Å². The lowest BCUT2D eigenvalue weighted by molar-refractivity contribution is 0.0986. The van der Waals surface area contributed by atoms with Crippen LogP contribution in [0.4, 0.5) is 5.69 Å². The van der Waals surface area contributed by atoms with Crippen molar-refractivity contribution in [3.63, 3.8) is 0 Å². The molecule has 0 N–H and O–H groups in total. The van der Waals surface area contributed by atoms with Gasteiger partial charge in [0.15, 0.2) is 0 Å². The molecule has 0 radical (unpaired) electrons. The monoisotopic (exact) mass is 363 g/mol. The van der Waals surface area contributed by atoms with Gasteiger partial charge >= 0.3 is 0 Å². The molecule has 4 rings (SSSR count). The Bertz CT molecular complexity index is 935. The van der Waals surface area contributed by atoms with Gasteiger partial charge in [-0.15, -0.1) is 11.8 Å². The average molecular weight is 363 g/mol. The van der Waals surface area contributed by atoms with Crippen molar-refractivity contribution in [3.05, 3.63) is 72.1 Å². The smallest absolute Gasteiger partial charge is 0.261 e. The summed E-state index contributed by atoms with van der Waals surface area (Å²) in [7, 11) is 0. The zero-order chi connectivity index (χ0) is 18.1. The van der Waals surface area contributed by atoms with Crippen LogP contribution in [0.25, 0.3) is 5.69 Å². The Morgan fingerprint density at radius 3 is 2.65 bits per heavy atom. The number of benzene rings is 2. The molecule has 26 heavy (non-hydrogen) atoms. The lowest BCUT2D eigenvalue weighted by Gasteiger charge is -2.22. The second-order valence-corrected chi connectivity index (χ2v) is 8.01. The highest BCUT2D eigenvalue weighted by molar-refractivity contribution is 8.00. The molecule has 0 bridgehead atoms. The minimum Gasteiger partial charge on any atom is -0.307 e. The average Bonchev–Trinajstić information content (AvgIpc) is 2.96. The molecule has 0 spiro atoms. The summed E-state index contributed by atoms with van der Waals surface area (Å²) in [6.07, 6.45) is 2.66. The first-order valence-electron chi connectivity index (χ1n) is 8.83. The Labute approximate surface area is 157 Å². The second kappa shape index (κ2) is 7.00. The highest BCUT2D eigenvalue weighted by atomic mass is 32.2. The largest absolute Gasteiger partial charge is 0.307 e. The van der Waals surface area contributed by atoms with E-state index in [-0.39, 0.29) is 5.91 Å². The van der Waals surface area contributed by atoms with Crippen LogP contribution in [-0.4, -0.2) is 27.5 Å². The van der Waals surface area contributed by atoms with Gasteiger partial charge in [-0.2, -0.15) is 5.10 Å². The Balaban J connectivity index is 1.72. The van der Waals surface area contributed by atoms with Crippen molar-refractivity contribution in [3.8, 4) is 5.69 Å². The fraction of sp³-hybridized carbons (Fsp3) is 0.238. The summed E-state index contributed by atoms with van der Waals surface area (Å²) in [6, 6.07) is 18.1. The van der Waals surface area contributed by atoms with Crippen LogP contribution in [0.15, 0.2) is 65.7 Å². The molecule has 0 saturated heterocycles. The summed E-state index contributed by atoms with van der Waals surface area (Å²) in [5, 5.41) is 4.95. The van der Waals surface area contributed by atoms with Crippen molar-refractivity contribution in [2.24, 2.45) is 0 Å². The first kappa shape index (κ1) is 16.9. The number of fused-ring (bicyclic) bond motifs is 1. The molecule has 132 valence electrons. The minimum absolute atomic E-state index is 0.0202. The van der Waals surface area contributed by atoms with Crippen molar-refractivity contribution in [2.75, 3.05) is 11.4 Å². The number of amides is 1. The van der Waals surface area contributed by atoms with E-state index in [1.165, 1.54) is 4.90 Å². The minimum atomic E-state index is 0.0202. The van der Waals surface area contributed by atoms with Crippen LogP contribution < -0.4 is 4.90 Å². The van der Waals surface area contributed by atoms with E-state index in [2.05, 4.69) is 18.1 Å². The van der Waals surface area contributed by atoms with E-state index >= 15 is 0 Å². The summed E-state index contributed by atoms with van der Waals surface area (Å²) in [6.45, 7) is 4.89. The van der Waals surface area contributed by atoms with Crippen molar-refractivity contribution in [1.29, 1.82) is 0 Å². The Kier molecular flexibility index (Phi) is 4.55. The zero-order valence-electron chi connectivity index (χ0n) is 14.9. The number of thioether (sulfide) groups is 1. The van der Waals surface area contributed by atoms with Gasteiger partial charge in [0, 0.05) is 16.7 Å². The molecule has 5 heteroatoms. The third-order valence-electron chi connectivity index (χ3n) is 4.73. The van der Waals surface area contributed by atoms with Crippen LogP contribution >= 0.6 is 11.8 Å². The molecule has 0 aliphatic carbocycles. The van der Waals surface area contributed by atoms with Crippen LogP contribution in [0.5, 0.6) is 0 Å². The van der Waals surface area contributed by atoms with E-state index in [1.54, 1.807) is 6.20 Å². The maximum Gasteiger partial charge on any atom is 0.261 e. The molecule has 1 aromatic heterocycles. The number of carbonyl (C=O) groups excluding carboxylic acids is 1. The number of rotatable bonds is 2. The molecule has 2 heterocycles. The SMILES string of the molecule is Cc1c(C(=O)N2CCC(C)Sc3ccccc32)cnn1-c1ccccc1. The Morgan fingerprint density at radius 2 is 1.85 bits per heavy atom. The summed E-state index contributed by atoms with van der Waals surface area (Å²) in [5.74, 6) is 0.0202. The lowest BCUT2D eigenvalue weighted by atomic mass is 10.2. The molecule has 0 fully saturated rings. The number of hydrogen-bond donors (Lipinski definition) is 0. The maximum atomic E-state index is 13.4. The quantitative estimate of drug-likeness (QED) is 0.662. The predicted molar refractivity (Wildman–Crippen MR) is 106 cm³/mol. The summed E-state index contributed by atoms with van der Waals surface area (Å²) < 4.78 is 1.83. The number of aromatic nitrogens is 2. The topological polar surface area (TPSA) is 38.1 Å². The highest BCUT2D eigenvalue weighted by Crippen LogP contribution is 2.38. The number of carbonyl (C=O) groups is 1. The van der Waals surface area contributed by atoms with Gasteiger partial charge in [-0.1, -0.05) is 37.3 Å². The van der Waals surface area contributed by atoms with Crippen LogP contribution in [-0.2, 0) is 0 Å². The molecule has 1 atom stereocenters. The van der Waals surface area contributed by atoms with Gasteiger partial charge in [0.25, 0.3) is 5.91 Å². The van der Waals surface area contributed by atoms with Crippen molar-refractivity contribution >= 4 is 23.4 Å². The van der Waals surface area contributed by atoms with Gasteiger partial charge in [-0.25, -0.2) is 4.68 Å². The lowest BCUT2D eigenvalue weighted by Crippen LogP contribution is -2.32. The van der Waals surface area contributed by atoms with E-state index < -0.39 is 0 Å². The Morgan fingerprint density at radius 1 is 1.12 bits per heavy atom. The van der Waals surface area contributed by atoms with E-state index in [1.807, 2.05) is 76.8 Å². The fourth-order valence-electron chi connectivity index (χ4n) is 3.29. The van der Waals surface area contributed by atoms with Crippen LogP contribution in [0.1, 0.15) is 29.4 Å². The van der Waals surface area contributed by atoms with Crippen molar-refractivity contribution in [1.82, 2.24) is 9.78 Å². The maximum absolute atomic E-state index is 13.4. The van der Waals surface area contributed by atoms with Gasteiger partial charge in [0.2, 0.25) is 0 Å². The summed E-state index contributed by atoms with van der Waals surface area (Å²) in [5.41, 5.74) is 3.48. The van der Waals surface area contributed by atoms with Gasteiger partial charge in [0.1, 0.15) is 0 Å². The molecular formula is C21H21N3OS. The number of para-hydroxylation sites is 2. The molecule has 1 unspecified atom stereocenters. The first-order chi connectivity index (χ1) is 12.6. The summed E-state index contributed by atoms with van der Waals surface area (Å²) in [4.78, 5) is 16.4. The number of anilines is 1. The van der Waals surface area contributed by atoms with E-state index in [4.69, 9.17) is 0 Å². The Hall–Kier alpha value is -2.53.